The van der Waals surface area contributed by atoms with Gasteiger partial charge in [0.25, 0.3) is 0 Å². The average molecular weight is 429 g/mol. The van der Waals surface area contributed by atoms with E-state index in [0.29, 0.717) is 6.04 Å². The number of rotatable bonds is 5. The molecule has 6 nitrogen and oxygen atoms in total. The van der Waals surface area contributed by atoms with Gasteiger partial charge in [-0.05, 0) is 27.9 Å². The second-order valence-electron chi connectivity index (χ2n) is 7.15. The van der Waals surface area contributed by atoms with Gasteiger partial charge in [0.1, 0.15) is 16.7 Å². The van der Waals surface area contributed by atoms with Crippen LogP contribution in [0.3, 0.4) is 0 Å². The molecule has 0 amide bonds. The van der Waals surface area contributed by atoms with Crippen LogP contribution in [0.1, 0.15) is 25.3 Å². The summed E-state index contributed by atoms with van der Waals surface area (Å²) in [6.07, 6.45) is 4.02. The van der Waals surface area contributed by atoms with E-state index in [-0.39, 0.29) is 0 Å². The predicted molar refractivity (Wildman–Crippen MR) is 112 cm³/mol. The molecule has 0 radical (unpaired) electrons. The Labute approximate surface area is 168 Å². The summed E-state index contributed by atoms with van der Waals surface area (Å²) in [4.78, 5) is 14.0. The van der Waals surface area contributed by atoms with Crippen molar-refractivity contribution in [3.8, 4) is 0 Å². The fourth-order valence-corrected chi connectivity index (χ4v) is 4.58. The molecule has 1 saturated heterocycles. The highest BCUT2D eigenvalue weighted by molar-refractivity contribution is 9.10. The molecule has 142 valence electrons. The summed E-state index contributed by atoms with van der Waals surface area (Å²) in [7, 11) is 1.92. The molecule has 1 unspecified atom stereocenters. The van der Waals surface area contributed by atoms with Crippen LogP contribution < -0.4 is 4.90 Å². The normalized spacial score (nSPS) is 18.3. The summed E-state index contributed by atoms with van der Waals surface area (Å²) < 4.78 is 2.62. The van der Waals surface area contributed by atoms with Gasteiger partial charge in [0, 0.05) is 39.3 Å². The van der Waals surface area contributed by atoms with Crippen molar-refractivity contribution in [1.29, 1.82) is 0 Å². The predicted octanol–water partition coefficient (Wildman–Crippen LogP) is 3.62. The quantitative estimate of drug-likeness (QED) is 0.620. The van der Waals surface area contributed by atoms with Gasteiger partial charge in [-0.1, -0.05) is 43.7 Å². The zero-order chi connectivity index (χ0) is 18.8. The topological polar surface area (TPSA) is 50.1 Å². The summed E-state index contributed by atoms with van der Waals surface area (Å²) in [5, 5.41) is 5.47. The van der Waals surface area contributed by atoms with Crippen molar-refractivity contribution < 1.29 is 0 Å². The van der Waals surface area contributed by atoms with E-state index in [2.05, 4.69) is 78.1 Å². The second kappa shape index (κ2) is 7.94. The molecule has 0 bridgehead atoms. The zero-order valence-electron chi connectivity index (χ0n) is 15.8. The van der Waals surface area contributed by atoms with Crippen LogP contribution in [0.25, 0.3) is 11.0 Å². The van der Waals surface area contributed by atoms with Crippen LogP contribution in [-0.4, -0.2) is 50.3 Å². The lowest BCUT2D eigenvalue weighted by Gasteiger charge is -2.42. The van der Waals surface area contributed by atoms with E-state index >= 15 is 0 Å². The van der Waals surface area contributed by atoms with E-state index in [1.165, 1.54) is 18.4 Å². The third-order valence-corrected chi connectivity index (χ3v) is 5.87. The van der Waals surface area contributed by atoms with E-state index in [1.807, 2.05) is 7.05 Å². The third-order valence-electron chi connectivity index (χ3n) is 5.31. The first-order chi connectivity index (χ1) is 13.2. The van der Waals surface area contributed by atoms with Crippen molar-refractivity contribution in [2.75, 3.05) is 24.5 Å². The maximum Gasteiger partial charge on any atom is 0.164 e. The number of piperazine rings is 1. The molecule has 1 aromatic carbocycles. The fraction of sp³-hybridized carbons (Fsp3) is 0.450. The summed E-state index contributed by atoms with van der Waals surface area (Å²) in [6.45, 7) is 6.24. The molecule has 1 aliphatic heterocycles. The van der Waals surface area contributed by atoms with Crippen molar-refractivity contribution in [2.45, 2.75) is 32.4 Å². The SMILES string of the molecule is CCCC1CN(c2ncnc3c2c(Br)nn3C)CCN1Cc1ccccc1. The second-order valence-corrected chi connectivity index (χ2v) is 7.91. The van der Waals surface area contributed by atoms with E-state index in [1.54, 1.807) is 11.0 Å². The summed E-state index contributed by atoms with van der Waals surface area (Å²) >= 11 is 3.59. The smallest absolute Gasteiger partial charge is 0.164 e. The fourth-order valence-electron chi connectivity index (χ4n) is 3.98. The first-order valence-electron chi connectivity index (χ1n) is 9.53. The van der Waals surface area contributed by atoms with Crippen LogP contribution in [-0.2, 0) is 13.6 Å². The summed E-state index contributed by atoms with van der Waals surface area (Å²) in [5.41, 5.74) is 2.25. The van der Waals surface area contributed by atoms with Crippen LogP contribution in [0.5, 0.6) is 0 Å². The highest BCUT2D eigenvalue weighted by Crippen LogP contribution is 2.31. The van der Waals surface area contributed by atoms with E-state index in [0.717, 1.165) is 47.6 Å². The number of aromatic nitrogens is 4. The monoisotopic (exact) mass is 428 g/mol. The minimum atomic E-state index is 0.518. The Hall–Kier alpha value is -1.99. The maximum absolute atomic E-state index is 4.62. The van der Waals surface area contributed by atoms with Crippen LogP contribution in [0.2, 0.25) is 0 Å². The molecule has 1 aliphatic rings. The molecule has 0 saturated carbocycles. The van der Waals surface area contributed by atoms with Crippen LogP contribution in [0.4, 0.5) is 5.82 Å². The Morgan fingerprint density at radius 3 is 2.74 bits per heavy atom. The van der Waals surface area contributed by atoms with Gasteiger partial charge in [0.05, 0.1) is 5.39 Å². The summed E-state index contributed by atoms with van der Waals surface area (Å²) in [5.74, 6) is 0.987. The average Bonchev–Trinajstić information content (AvgIpc) is 2.98. The van der Waals surface area contributed by atoms with Crippen molar-refractivity contribution in [1.82, 2.24) is 24.6 Å². The van der Waals surface area contributed by atoms with Gasteiger partial charge in [0.15, 0.2) is 5.65 Å². The molecule has 2 aromatic heterocycles. The van der Waals surface area contributed by atoms with Gasteiger partial charge in [-0.3, -0.25) is 4.90 Å². The van der Waals surface area contributed by atoms with Crippen LogP contribution in [0.15, 0.2) is 41.3 Å². The van der Waals surface area contributed by atoms with Crippen molar-refractivity contribution in [3.05, 3.63) is 46.8 Å². The van der Waals surface area contributed by atoms with Crippen molar-refractivity contribution in [3.63, 3.8) is 0 Å². The lowest BCUT2D eigenvalue weighted by atomic mass is 10.0. The number of hydrogen-bond donors (Lipinski definition) is 0. The molecule has 3 heterocycles. The number of anilines is 1. The highest BCUT2D eigenvalue weighted by atomic mass is 79.9. The zero-order valence-corrected chi connectivity index (χ0v) is 17.4. The number of nitrogens with zero attached hydrogens (tertiary/aromatic N) is 6. The minimum Gasteiger partial charge on any atom is -0.353 e. The molecule has 3 aromatic rings. The Morgan fingerprint density at radius 1 is 1.15 bits per heavy atom. The maximum atomic E-state index is 4.62. The van der Waals surface area contributed by atoms with Crippen LogP contribution >= 0.6 is 15.9 Å². The van der Waals surface area contributed by atoms with E-state index in [9.17, 15) is 0 Å². The van der Waals surface area contributed by atoms with Crippen molar-refractivity contribution in [2.24, 2.45) is 7.05 Å². The first kappa shape index (κ1) is 18.4. The molecule has 0 N–H and O–H groups in total. The van der Waals surface area contributed by atoms with Gasteiger partial charge in [-0.25, -0.2) is 14.6 Å². The van der Waals surface area contributed by atoms with E-state index < -0.39 is 0 Å². The van der Waals surface area contributed by atoms with Gasteiger partial charge in [-0.15, -0.1) is 0 Å². The molecule has 0 spiro atoms. The number of aryl methyl sites for hydroxylation is 1. The molecule has 27 heavy (non-hydrogen) atoms. The van der Waals surface area contributed by atoms with Gasteiger partial charge < -0.3 is 4.90 Å². The van der Waals surface area contributed by atoms with E-state index in [4.69, 9.17) is 0 Å². The number of fused-ring (bicyclic) bond motifs is 1. The third kappa shape index (κ3) is 3.71. The molecule has 4 rings (SSSR count). The largest absolute Gasteiger partial charge is 0.353 e. The standard InChI is InChI=1S/C20H25BrN6/c1-3-7-16-13-27(11-10-26(16)12-15-8-5-4-6-9-15)20-17-18(21)24-25(2)19(17)22-14-23-20/h4-6,8-9,14,16H,3,7,10-13H2,1-2H3. The Balaban J connectivity index is 1.59. The lowest BCUT2D eigenvalue weighted by molar-refractivity contribution is 0.158. The number of hydrogen-bond acceptors (Lipinski definition) is 5. The molecular weight excluding hydrogens is 404 g/mol. The van der Waals surface area contributed by atoms with Gasteiger partial charge >= 0.3 is 0 Å². The Bertz CT molecular complexity index is 909. The number of halogens is 1. The molecule has 1 atom stereocenters. The van der Waals surface area contributed by atoms with Crippen LogP contribution in [0, 0.1) is 0 Å². The Morgan fingerprint density at radius 2 is 1.96 bits per heavy atom. The molecular formula is C20H25BrN6. The van der Waals surface area contributed by atoms with Gasteiger partial charge in [-0.2, -0.15) is 5.10 Å². The highest BCUT2D eigenvalue weighted by Gasteiger charge is 2.29. The first-order valence-corrected chi connectivity index (χ1v) is 10.3. The Kier molecular flexibility index (Phi) is 5.41. The van der Waals surface area contributed by atoms with Gasteiger partial charge in [0.2, 0.25) is 0 Å². The summed E-state index contributed by atoms with van der Waals surface area (Å²) in [6, 6.07) is 11.3. The molecule has 1 fully saturated rings. The van der Waals surface area contributed by atoms with Crippen molar-refractivity contribution >= 4 is 32.8 Å². The minimum absolute atomic E-state index is 0.518. The molecule has 7 heteroatoms. The number of benzene rings is 1. The molecule has 0 aliphatic carbocycles. The lowest BCUT2D eigenvalue weighted by Crippen LogP contribution is -2.53.